The third-order valence-corrected chi connectivity index (χ3v) is 6.07. The second-order valence-corrected chi connectivity index (χ2v) is 6.80. The summed E-state index contributed by atoms with van der Waals surface area (Å²) in [4.78, 5) is 12.5. The summed E-state index contributed by atoms with van der Waals surface area (Å²) in [7, 11) is 0. The fraction of sp³-hybridized carbons (Fsp3) is 0.357. The standard InChI is InChI=1S/C14H10Cl4O/c1-5-6-3-4-14(2,13(5)19)8-7(6)9(15)11(17)12(18)10(8)16/h3-6H,1-2H3/t5-,6-,14+/m1/s1. The molecule has 0 heterocycles. The zero-order chi connectivity index (χ0) is 14.1. The molecule has 0 aromatic heterocycles. The SMILES string of the molecule is C[C@H]1C(=O)[C@@]2(C)C=C[C@H]1c1c(Cl)c(Cl)c(Cl)c(Cl)c12. The number of hydrogen-bond donors (Lipinski definition) is 0. The number of fused-ring (bicyclic) bond motifs is 1. The van der Waals surface area contributed by atoms with E-state index in [1.165, 1.54) is 0 Å². The van der Waals surface area contributed by atoms with Crippen molar-refractivity contribution in [2.75, 3.05) is 0 Å². The largest absolute Gasteiger partial charge is 0.298 e. The number of carbonyl (C=O) groups is 1. The molecule has 0 fully saturated rings. The first-order valence-corrected chi connectivity index (χ1v) is 7.42. The van der Waals surface area contributed by atoms with Gasteiger partial charge in [0, 0.05) is 11.8 Å². The van der Waals surface area contributed by atoms with Gasteiger partial charge in [-0.3, -0.25) is 4.79 Å². The molecule has 2 bridgehead atoms. The van der Waals surface area contributed by atoms with Crippen LogP contribution in [0.25, 0.3) is 0 Å². The lowest BCUT2D eigenvalue weighted by molar-refractivity contribution is -0.127. The van der Waals surface area contributed by atoms with Crippen LogP contribution in [0.5, 0.6) is 0 Å². The summed E-state index contributed by atoms with van der Waals surface area (Å²) >= 11 is 24.9. The van der Waals surface area contributed by atoms with Gasteiger partial charge < -0.3 is 0 Å². The van der Waals surface area contributed by atoms with Crippen LogP contribution in [0, 0.1) is 5.92 Å². The lowest BCUT2D eigenvalue weighted by Gasteiger charge is -2.45. The van der Waals surface area contributed by atoms with Crippen LogP contribution in [0.3, 0.4) is 0 Å². The van der Waals surface area contributed by atoms with E-state index in [0.29, 0.717) is 15.6 Å². The molecule has 0 aliphatic heterocycles. The molecule has 0 radical (unpaired) electrons. The first kappa shape index (κ1) is 13.8. The van der Waals surface area contributed by atoms with E-state index in [0.717, 1.165) is 5.56 Å². The maximum Gasteiger partial charge on any atom is 0.150 e. The Kier molecular flexibility index (Phi) is 3.00. The normalized spacial score (nSPS) is 31.8. The van der Waals surface area contributed by atoms with Crippen LogP contribution in [-0.4, -0.2) is 5.78 Å². The fourth-order valence-corrected chi connectivity index (χ4v) is 4.39. The second kappa shape index (κ2) is 4.14. The summed E-state index contributed by atoms with van der Waals surface area (Å²) in [5.41, 5.74) is 0.792. The number of rotatable bonds is 0. The van der Waals surface area contributed by atoms with Crippen molar-refractivity contribution in [3.05, 3.63) is 43.4 Å². The molecule has 19 heavy (non-hydrogen) atoms. The van der Waals surface area contributed by atoms with Crippen molar-refractivity contribution in [3.63, 3.8) is 0 Å². The lowest BCUT2D eigenvalue weighted by Crippen LogP contribution is -2.46. The Balaban J connectivity index is 2.47. The van der Waals surface area contributed by atoms with Gasteiger partial charge in [0.2, 0.25) is 0 Å². The monoisotopic (exact) mass is 334 g/mol. The molecular formula is C14H10Cl4O. The third kappa shape index (κ3) is 1.53. The zero-order valence-corrected chi connectivity index (χ0v) is 13.3. The molecule has 0 spiro atoms. The van der Waals surface area contributed by atoms with Gasteiger partial charge in [-0.25, -0.2) is 0 Å². The van der Waals surface area contributed by atoms with Crippen molar-refractivity contribution in [1.82, 2.24) is 0 Å². The summed E-state index contributed by atoms with van der Waals surface area (Å²) in [5.74, 6) is -0.0683. The van der Waals surface area contributed by atoms with Crippen molar-refractivity contribution in [3.8, 4) is 0 Å². The third-order valence-electron chi connectivity index (χ3n) is 4.26. The molecule has 0 unspecified atom stereocenters. The Morgan fingerprint density at radius 2 is 1.63 bits per heavy atom. The number of Topliss-reactive ketones (excluding diaryl/α,β-unsaturated/α-hetero) is 1. The molecular weight excluding hydrogens is 326 g/mol. The molecule has 1 aromatic rings. The predicted molar refractivity (Wildman–Crippen MR) is 79.9 cm³/mol. The van der Waals surface area contributed by atoms with Crippen molar-refractivity contribution in [1.29, 1.82) is 0 Å². The Hall–Kier alpha value is -0.210. The Bertz CT molecular complexity index is 650. The quantitative estimate of drug-likeness (QED) is 0.351. The maximum atomic E-state index is 12.5. The highest BCUT2D eigenvalue weighted by Crippen LogP contribution is 2.57. The van der Waals surface area contributed by atoms with Gasteiger partial charge in [-0.05, 0) is 18.1 Å². The topological polar surface area (TPSA) is 17.1 Å². The zero-order valence-electron chi connectivity index (χ0n) is 10.2. The van der Waals surface area contributed by atoms with E-state index in [2.05, 4.69) is 0 Å². The van der Waals surface area contributed by atoms with E-state index in [4.69, 9.17) is 46.4 Å². The van der Waals surface area contributed by atoms with Gasteiger partial charge in [-0.1, -0.05) is 65.5 Å². The number of hydrogen-bond acceptors (Lipinski definition) is 1. The average Bonchev–Trinajstić information content (AvgIpc) is 2.39. The van der Waals surface area contributed by atoms with Crippen LogP contribution in [0.1, 0.15) is 30.9 Å². The highest BCUT2D eigenvalue weighted by molar-refractivity contribution is 6.52. The van der Waals surface area contributed by atoms with E-state index in [1.54, 1.807) is 0 Å². The van der Waals surface area contributed by atoms with Crippen LogP contribution < -0.4 is 0 Å². The summed E-state index contributed by atoms with van der Waals surface area (Å²) in [6.07, 6.45) is 3.91. The first-order valence-electron chi connectivity index (χ1n) is 5.90. The smallest absolute Gasteiger partial charge is 0.150 e. The van der Waals surface area contributed by atoms with E-state index < -0.39 is 5.41 Å². The van der Waals surface area contributed by atoms with Gasteiger partial charge in [0.25, 0.3) is 0 Å². The minimum atomic E-state index is -0.765. The van der Waals surface area contributed by atoms with Crippen molar-refractivity contribution < 1.29 is 4.79 Å². The number of ketones is 1. The van der Waals surface area contributed by atoms with Gasteiger partial charge >= 0.3 is 0 Å². The molecule has 1 nitrogen and oxygen atoms in total. The van der Waals surface area contributed by atoms with Crippen LogP contribution in [0.2, 0.25) is 20.1 Å². The first-order chi connectivity index (χ1) is 8.80. The maximum absolute atomic E-state index is 12.5. The van der Waals surface area contributed by atoms with E-state index in [9.17, 15) is 4.79 Å². The number of carbonyl (C=O) groups excluding carboxylic acids is 1. The second-order valence-electron chi connectivity index (χ2n) is 5.28. The fourth-order valence-electron chi connectivity index (χ4n) is 3.20. The Morgan fingerprint density at radius 3 is 2.26 bits per heavy atom. The number of benzene rings is 1. The lowest BCUT2D eigenvalue weighted by atomic mass is 9.58. The molecule has 0 N–H and O–H groups in total. The van der Waals surface area contributed by atoms with Gasteiger partial charge in [-0.2, -0.15) is 0 Å². The summed E-state index contributed by atoms with van der Waals surface area (Å²) in [6.45, 7) is 3.76. The summed E-state index contributed by atoms with van der Waals surface area (Å²) < 4.78 is 0. The van der Waals surface area contributed by atoms with Crippen LogP contribution >= 0.6 is 46.4 Å². The van der Waals surface area contributed by atoms with E-state index in [-0.39, 0.29) is 27.7 Å². The molecule has 3 aliphatic carbocycles. The molecule has 4 rings (SSSR count). The summed E-state index contributed by atoms with van der Waals surface area (Å²) in [6, 6.07) is 0. The summed E-state index contributed by atoms with van der Waals surface area (Å²) in [5, 5.41) is 1.22. The van der Waals surface area contributed by atoms with E-state index in [1.807, 2.05) is 26.0 Å². The van der Waals surface area contributed by atoms with Gasteiger partial charge in [0.15, 0.2) is 5.78 Å². The molecule has 3 atom stereocenters. The predicted octanol–water partition coefficient (Wildman–Crippen LogP) is 5.43. The van der Waals surface area contributed by atoms with Crippen LogP contribution in [0.4, 0.5) is 0 Å². The van der Waals surface area contributed by atoms with E-state index >= 15 is 0 Å². The molecule has 3 aliphatic rings. The Morgan fingerprint density at radius 1 is 1.05 bits per heavy atom. The van der Waals surface area contributed by atoms with Crippen LogP contribution in [0.15, 0.2) is 12.2 Å². The van der Waals surface area contributed by atoms with Gasteiger partial charge in [0.1, 0.15) is 0 Å². The highest BCUT2D eigenvalue weighted by Gasteiger charge is 2.51. The number of allylic oxidation sites excluding steroid dienone is 2. The molecule has 0 saturated carbocycles. The minimum Gasteiger partial charge on any atom is -0.298 e. The molecule has 0 saturated heterocycles. The minimum absolute atomic E-state index is 0.0795. The van der Waals surface area contributed by atoms with Crippen LogP contribution in [-0.2, 0) is 10.2 Å². The molecule has 1 aromatic carbocycles. The van der Waals surface area contributed by atoms with Crippen molar-refractivity contribution in [2.24, 2.45) is 5.92 Å². The van der Waals surface area contributed by atoms with Gasteiger partial charge in [0.05, 0.1) is 25.5 Å². The van der Waals surface area contributed by atoms with Crippen molar-refractivity contribution >= 4 is 52.2 Å². The number of halogens is 4. The van der Waals surface area contributed by atoms with Crippen molar-refractivity contribution in [2.45, 2.75) is 25.2 Å². The molecule has 0 amide bonds. The highest BCUT2D eigenvalue weighted by atomic mass is 35.5. The average molecular weight is 336 g/mol. The van der Waals surface area contributed by atoms with Gasteiger partial charge in [-0.15, -0.1) is 0 Å². The molecule has 100 valence electrons. The Labute approximate surface area is 131 Å². The molecule has 5 heteroatoms.